The molecule has 0 aliphatic rings. The van der Waals surface area contributed by atoms with Crippen molar-refractivity contribution in [3.8, 4) is 5.75 Å². The first-order chi connectivity index (χ1) is 11.7. The van der Waals surface area contributed by atoms with Gasteiger partial charge in [0, 0.05) is 13.0 Å². The van der Waals surface area contributed by atoms with Gasteiger partial charge >= 0.3 is 0 Å². The van der Waals surface area contributed by atoms with E-state index in [2.05, 4.69) is 73.9 Å². The quantitative estimate of drug-likeness (QED) is 0.607. The molecule has 126 valence electrons. The highest BCUT2D eigenvalue weighted by molar-refractivity contribution is 5.76. The van der Waals surface area contributed by atoms with Crippen molar-refractivity contribution >= 4 is 11.0 Å². The first kappa shape index (κ1) is 16.6. The molecule has 0 fully saturated rings. The molecule has 0 aliphatic carbocycles. The maximum atomic E-state index is 5.67. The monoisotopic (exact) mass is 322 g/mol. The Morgan fingerprint density at radius 1 is 1.04 bits per heavy atom. The summed E-state index contributed by atoms with van der Waals surface area (Å²) in [5.41, 5.74) is 3.56. The van der Waals surface area contributed by atoms with E-state index in [-0.39, 0.29) is 0 Å². The van der Waals surface area contributed by atoms with Gasteiger partial charge in [0.05, 0.1) is 17.6 Å². The highest BCUT2D eigenvalue weighted by Gasteiger charge is 2.12. The van der Waals surface area contributed by atoms with E-state index < -0.39 is 0 Å². The highest BCUT2D eigenvalue weighted by Crippen LogP contribution is 2.21. The van der Waals surface area contributed by atoms with Gasteiger partial charge in [-0.1, -0.05) is 45.0 Å². The lowest BCUT2D eigenvalue weighted by atomic mass is 10.1. The number of hydrogen-bond donors (Lipinski definition) is 0. The van der Waals surface area contributed by atoms with Gasteiger partial charge in [-0.3, -0.25) is 0 Å². The first-order valence-electron chi connectivity index (χ1n) is 8.83. The number of imidazole rings is 1. The molecule has 1 aromatic heterocycles. The van der Waals surface area contributed by atoms with Crippen LogP contribution in [0.1, 0.15) is 38.6 Å². The van der Waals surface area contributed by atoms with E-state index in [0.29, 0.717) is 5.92 Å². The number of ether oxygens (including phenoxy) is 1. The predicted octanol–water partition coefficient (Wildman–Crippen LogP) is 5.07. The highest BCUT2D eigenvalue weighted by atomic mass is 16.5. The van der Waals surface area contributed by atoms with Crippen LogP contribution in [0.25, 0.3) is 11.0 Å². The Labute approximate surface area is 144 Å². The summed E-state index contributed by atoms with van der Waals surface area (Å²) in [5, 5.41) is 0. The van der Waals surface area contributed by atoms with Crippen molar-refractivity contribution in [2.45, 2.75) is 40.2 Å². The third-order valence-corrected chi connectivity index (χ3v) is 4.06. The summed E-state index contributed by atoms with van der Waals surface area (Å²) in [6.07, 6.45) is 2.02. The molecule has 1 heterocycles. The average molecular weight is 322 g/mol. The van der Waals surface area contributed by atoms with E-state index in [1.54, 1.807) is 0 Å². The second-order valence-electron chi connectivity index (χ2n) is 6.69. The minimum Gasteiger partial charge on any atom is -0.494 e. The van der Waals surface area contributed by atoms with Gasteiger partial charge in [-0.25, -0.2) is 4.98 Å². The van der Waals surface area contributed by atoms with Crippen LogP contribution in [0, 0.1) is 5.92 Å². The van der Waals surface area contributed by atoms with Crippen molar-refractivity contribution in [1.29, 1.82) is 0 Å². The van der Waals surface area contributed by atoms with Gasteiger partial charge < -0.3 is 9.30 Å². The van der Waals surface area contributed by atoms with Gasteiger partial charge in [-0.15, -0.1) is 0 Å². The Hall–Kier alpha value is -2.29. The third-order valence-electron chi connectivity index (χ3n) is 4.06. The number of fused-ring (bicyclic) bond motifs is 1. The SMILES string of the molecule is CCCOc1ccc(Cn2c(CC(C)C)nc3ccccc32)cc1. The summed E-state index contributed by atoms with van der Waals surface area (Å²) in [5.74, 6) is 2.70. The van der Waals surface area contributed by atoms with Crippen molar-refractivity contribution in [1.82, 2.24) is 9.55 Å². The number of nitrogens with zero attached hydrogens (tertiary/aromatic N) is 2. The summed E-state index contributed by atoms with van der Waals surface area (Å²) in [6, 6.07) is 16.8. The van der Waals surface area contributed by atoms with E-state index in [1.165, 1.54) is 11.1 Å². The number of hydrogen-bond acceptors (Lipinski definition) is 2. The minimum atomic E-state index is 0.588. The summed E-state index contributed by atoms with van der Waals surface area (Å²) >= 11 is 0. The summed E-state index contributed by atoms with van der Waals surface area (Å²) in [7, 11) is 0. The molecule has 3 nitrogen and oxygen atoms in total. The van der Waals surface area contributed by atoms with Crippen LogP contribution in [0.2, 0.25) is 0 Å². The Bertz CT molecular complexity index is 787. The second-order valence-corrected chi connectivity index (χ2v) is 6.69. The minimum absolute atomic E-state index is 0.588. The number of benzene rings is 2. The molecule has 0 aliphatic heterocycles. The van der Waals surface area contributed by atoms with Gasteiger partial charge in [0.25, 0.3) is 0 Å². The molecule has 0 atom stereocenters. The lowest BCUT2D eigenvalue weighted by molar-refractivity contribution is 0.317. The van der Waals surface area contributed by atoms with E-state index in [1.807, 2.05) is 0 Å². The topological polar surface area (TPSA) is 27.1 Å². The van der Waals surface area contributed by atoms with E-state index >= 15 is 0 Å². The summed E-state index contributed by atoms with van der Waals surface area (Å²) < 4.78 is 8.02. The molecule has 0 radical (unpaired) electrons. The second kappa shape index (κ2) is 7.52. The average Bonchev–Trinajstić information content (AvgIpc) is 2.91. The molecule has 0 saturated carbocycles. The van der Waals surface area contributed by atoms with Crippen LogP contribution in [0.3, 0.4) is 0 Å². The number of rotatable bonds is 7. The van der Waals surface area contributed by atoms with Gasteiger partial charge in [0.2, 0.25) is 0 Å². The number of aromatic nitrogens is 2. The molecule has 0 saturated heterocycles. The fourth-order valence-electron chi connectivity index (χ4n) is 2.92. The van der Waals surface area contributed by atoms with Crippen molar-refractivity contribution < 1.29 is 4.74 Å². The van der Waals surface area contributed by atoms with E-state index in [0.717, 1.165) is 43.1 Å². The molecule has 3 heteroatoms. The Balaban J connectivity index is 1.88. The van der Waals surface area contributed by atoms with Crippen molar-refractivity contribution in [2.75, 3.05) is 6.61 Å². The van der Waals surface area contributed by atoms with Gasteiger partial charge in [-0.05, 0) is 42.2 Å². The Morgan fingerprint density at radius 3 is 2.50 bits per heavy atom. The van der Waals surface area contributed by atoms with Crippen LogP contribution < -0.4 is 4.74 Å². The zero-order valence-corrected chi connectivity index (χ0v) is 14.8. The largest absolute Gasteiger partial charge is 0.494 e. The molecule has 0 amide bonds. The number of para-hydroxylation sites is 2. The van der Waals surface area contributed by atoms with Crippen LogP contribution >= 0.6 is 0 Å². The molecule has 3 aromatic rings. The van der Waals surface area contributed by atoms with Crippen LogP contribution in [0.15, 0.2) is 48.5 Å². The molecule has 0 N–H and O–H groups in total. The van der Waals surface area contributed by atoms with Gasteiger partial charge in [-0.2, -0.15) is 0 Å². The molecule has 2 aromatic carbocycles. The van der Waals surface area contributed by atoms with Crippen molar-refractivity contribution in [2.24, 2.45) is 5.92 Å². The summed E-state index contributed by atoms with van der Waals surface area (Å²) in [4.78, 5) is 4.85. The molecule has 24 heavy (non-hydrogen) atoms. The van der Waals surface area contributed by atoms with Crippen LogP contribution in [-0.2, 0) is 13.0 Å². The Morgan fingerprint density at radius 2 is 1.79 bits per heavy atom. The van der Waals surface area contributed by atoms with E-state index in [4.69, 9.17) is 9.72 Å². The normalized spacial score (nSPS) is 11.3. The molecular formula is C21H26N2O. The molecule has 3 rings (SSSR count). The molecule has 0 spiro atoms. The van der Waals surface area contributed by atoms with Crippen molar-refractivity contribution in [3.05, 3.63) is 59.9 Å². The van der Waals surface area contributed by atoms with E-state index in [9.17, 15) is 0 Å². The fraction of sp³-hybridized carbons (Fsp3) is 0.381. The van der Waals surface area contributed by atoms with Gasteiger partial charge in [0.1, 0.15) is 11.6 Å². The lowest BCUT2D eigenvalue weighted by Crippen LogP contribution is -2.08. The zero-order chi connectivity index (χ0) is 16.9. The smallest absolute Gasteiger partial charge is 0.119 e. The van der Waals surface area contributed by atoms with Crippen LogP contribution in [0.4, 0.5) is 0 Å². The summed E-state index contributed by atoms with van der Waals surface area (Å²) in [6.45, 7) is 8.21. The lowest BCUT2D eigenvalue weighted by Gasteiger charge is -2.12. The van der Waals surface area contributed by atoms with Crippen LogP contribution in [-0.4, -0.2) is 16.2 Å². The zero-order valence-electron chi connectivity index (χ0n) is 14.8. The molecular weight excluding hydrogens is 296 g/mol. The first-order valence-corrected chi connectivity index (χ1v) is 8.83. The Kier molecular flexibility index (Phi) is 5.19. The maximum absolute atomic E-state index is 5.67. The maximum Gasteiger partial charge on any atom is 0.119 e. The standard InChI is InChI=1S/C21H26N2O/c1-4-13-24-18-11-9-17(10-12-18)15-23-20-8-6-5-7-19(20)22-21(23)14-16(2)3/h5-12,16H,4,13-15H2,1-3H3. The van der Waals surface area contributed by atoms with Crippen LogP contribution in [0.5, 0.6) is 5.75 Å². The molecule has 0 bridgehead atoms. The van der Waals surface area contributed by atoms with Gasteiger partial charge in [0.15, 0.2) is 0 Å². The van der Waals surface area contributed by atoms with Crippen molar-refractivity contribution in [3.63, 3.8) is 0 Å². The predicted molar refractivity (Wildman–Crippen MR) is 99.6 cm³/mol. The molecule has 0 unspecified atom stereocenters. The fourth-order valence-corrected chi connectivity index (χ4v) is 2.92. The third kappa shape index (κ3) is 3.78.